The first kappa shape index (κ1) is 22.9. The first-order valence-corrected chi connectivity index (χ1v) is 12.5. The number of likely N-dealkylation sites (N-methyl/N-ethyl adjacent to an activating group) is 1. The van der Waals surface area contributed by atoms with Crippen LogP contribution in [0.5, 0.6) is 0 Å². The molecule has 3 aromatic rings. The number of hydrogen-bond acceptors (Lipinski definition) is 10. The van der Waals surface area contributed by atoms with E-state index in [0.29, 0.717) is 29.1 Å². The van der Waals surface area contributed by atoms with Crippen molar-refractivity contribution in [3.63, 3.8) is 0 Å². The highest BCUT2D eigenvalue weighted by Gasteiger charge is 2.25. The number of carboxylic acids is 1. The third-order valence-electron chi connectivity index (χ3n) is 5.22. The molecule has 0 spiro atoms. The lowest BCUT2D eigenvalue weighted by Gasteiger charge is -2.17. The predicted octanol–water partition coefficient (Wildman–Crippen LogP) is 2.33. The molecule has 33 heavy (non-hydrogen) atoms. The molecule has 1 aliphatic heterocycles. The zero-order chi connectivity index (χ0) is 23.8. The number of anilines is 4. The summed E-state index contributed by atoms with van der Waals surface area (Å²) in [5.74, 6) is 0.752. The van der Waals surface area contributed by atoms with E-state index in [1.54, 1.807) is 19.1 Å². The van der Waals surface area contributed by atoms with E-state index in [1.807, 2.05) is 6.92 Å². The summed E-state index contributed by atoms with van der Waals surface area (Å²) in [4.78, 5) is 27.2. The van der Waals surface area contributed by atoms with Gasteiger partial charge in [0, 0.05) is 25.2 Å². The fourth-order valence-corrected chi connectivity index (χ4v) is 4.87. The Morgan fingerprint density at radius 1 is 1.24 bits per heavy atom. The van der Waals surface area contributed by atoms with E-state index >= 15 is 0 Å². The van der Waals surface area contributed by atoms with Gasteiger partial charge in [-0.15, -0.1) is 0 Å². The molecule has 4 rings (SSSR count). The number of primary sulfonamides is 1. The van der Waals surface area contributed by atoms with Gasteiger partial charge in [0.1, 0.15) is 16.5 Å². The van der Waals surface area contributed by atoms with Crippen molar-refractivity contribution in [2.45, 2.75) is 31.7 Å². The Labute approximate surface area is 194 Å². The van der Waals surface area contributed by atoms with Gasteiger partial charge in [-0.25, -0.2) is 23.3 Å². The number of aryl methyl sites for hydroxylation is 1. The number of nitrogens with zero attached hydrogens (tertiary/aromatic N) is 4. The molecule has 1 aliphatic rings. The molecule has 5 N–H and O–H groups in total. The Kier molecular flexibility index (Phi) is 6.19. The summed E-state index contributed by atoms with van der Waals surface area (Å²) in [5, 5.41) is 21.2. The second kappa shape index (κ2) is 8.92. The zero-order valence-electron chi connectivity index (χ0n) is 18.0. The highest BCUT2D eigenvalue weighted by molar-refractivity contribution is 7.89. The number of rotatable bonds is 8. The topological polar surface area (TPSA) is 163 Å². The predicted molar refractivity (Wildman–Crippen MR) is 126 cm³/mol. The van der Waals surface area contributed by atoms with Crippen molar-refractivity contribution in [1.82, 2.24) is 15.0 Å². The molecule has 1 aromatic carbocycles. The minimum absolute atomic E-state index is 0.0544. The molecular weight excluding hydrogens is 466 g/mol. The van der Waals surface area contributed by atoms with E-state index in [-0.39, 0.29) is 9.77 Å². The molecule has 0 saturated heterocycles. The molecule has 3 heterocycles. The molecule has 0 fully saturated rings. The first-order valence-electron chi connectivity index (χ1n) is 10.1. The third-order valence-corrected chi connectivity index (χ3v) is 7.21. The van der Waals surface area contributed by atoms with E-state index in [1.165, 1.54) is 12.1 Å². The number of aromatic nitrogens is 3. The second-order valence-electron chi connectivity index (χ2n) is 7.43. The average Bonchev–Trinajstić information content (AvgIpc) is 3.34. The molecule has 11 nitrogen and oxygen atoms in total. The maximum absolute atomic E-state index is 11.5. The number of nitrogens with two attached hydrogens (primary N) is 1. The van der Waals surface area contributed by atoms with Crippen LogP contribution < -0.4 is 20.7 Å². The van der Waals surface area contributed by atoms with Gasteiger partial charge in [0.25, 0.3) is 0 Å². The first-order chi connectivity index (χ1) is 15.7. The molecule has 174 valence electrons. The molecule has 0 radical (unpaired) electrons. The van der Waals surface area contributed by atoms with E-state index < -0.39 is 16.0 Å². The normalized spacial score (nSPS) is 13.1. The highest BCUT2D eigenvalue weighted by atomic mass is 32.2. The van der Waals surface area contributed by atoms with Gasteiger partial charge < -0.3 is 15.3 Å². The van der Waals surface area contributed by atoms with Gasteiger partial charge in [-0.05, 0) is 38.0 Å². The summed E-state index contributed by atoms with van der Waals surface area (Å²) in [7, 11) is -3.74. The van der Waals surface area contributed by atoms with Gasteiger partial charge in [-0.3, -0.25) is 5.32 Å². The highest BCUT2D eigenvalue weighted by Crippen LogP contribution is 2.33. The van der Waals surface area contributed by atoms with Crippen molar-refractivity contribution in [3.05, 3.63) is 46.0 Å². The van der Waals surface area contributed by atoms with Crippen molar-refractivity contribution in [1.29, 1.82) is 0 Å². The summed E-state index contributed by atoms with van der Waals surface area (Å²) in [5.41, 5.74) is 2.27. The number of fused-ring (bicyclic) bond motifs is 1. The van der Waals surface area contributed by atoms with Crippen molar-refractivity contribution in [3.8, 4) is 0 Å². The van der Waals surface area contributed by atoms with Crippen LogP contribution in [0.4, 0.5) is 22.7 Å². The van der Waals surface area contributed by atoms with Crippen LogP contribution in [0.25, 0.3) is 0 Å². The maximum Gasteiger partial charge on any atom is 0.347 e. The number of hydrogen-bond donors (Lipinski definition) is 4. The Balaban J connectivity index is 1.60. The molecular formula is C20H23N7O4S2. The Morgan fingerprint density at radius 2 is 1.97 bits per heavy atom. The fraction of sp³-hybridized carbons (Fsp3) is 0.300. The molecule has 0 bridgehead atoms. The van der Waals surface area contributed by atoms with Crippen LogP contribution in [0.1, 0.15) is 33.4 Å². The standard InChI is InChI=1S/C20H23N7O4S2/c1-3-27-9-8-14-16(22-10-12-4-6-13(7-5-12)33(21,30)31)24-19(25-17(14)27)26-20-23-11(2)15(32-20)18(28)29/h4-7H,3,8-10H2,1-2H3,(H,28,29)(H2,21,30,31)(H2,22,23,24,25,26). The van der Waals surface area contributed by atoms with Crippen molar-refractivity contribution >= 4 is 50.0 Å². The van der Waals surface area contributed by atoms with E-state index in [2.05, 4.69) is 30.5 Å². The Bertz CT molecular complexity index is 1310. The summed E-state index contributed by atoms with van der Waals surface area (Å²) >= 11 is 1.03. The van der Waals surface area contributed by atoms with Gasteiger partial charge in [-0.2, -0.15) is 9.97 Å². The van der Waals surface area contributed by atoms with Gasteiger partial charge in [0.05, 0.1) is 10.6 Å². The molecule has 0 saturated carbocycles. The van der Waals surface area contributed by atoms with E-state index in [4.69, 9.17) is 5.14 Å². The van der Waals surface area contributed by atoms with Crippen molar-refractivity contribution in [2.24, 2.45) is 5.14 Å². The van der Waals surface area contributed by atoms with Crippen molar-refractivity contribution in [2.75, 3.05) is 28.6 Å². The molecule has 13 heteroatoms. The smallest absolute Gasteiger partial charge is 0.347 e. The Hall–Kier alpha value is -3.29. The SMILES string of the molecule is CCN1CCc2c(NCc3ccc(S(N)(=O)=O)cc3)nc(Nc3nc(C)c(C(=O)O)s3)nc21. The lowest BCUT2D eigenvalue weighted by atomic mass is 10.2. The summed E-state index contributed by atoms with van der Waals surface area (Å²) in [6.07, 6.45) is 0.787. The number of thiazole rings is 1. The summed E-state index contributed by atoms with van der Waals surface area (Å²) < 4.78 is 22.9. The van der Waals surface area contributed by atoms with E-state index in [0.717, 1.165) is 47.8 Å². The van der Waals surface area contributed by atoms with Crippen LogP contribution in [0.2, 0.25) is 0 Å². The van der Waals surface area contributed by atoms with Gasteiger partial charge in [0.2, 0.25) is 16.0 Å². The number of carboxylic acid groups (broad SMARTS) is 1. The lowest BCUT2D eigenvalue weighted by molar-refractivity contribution is 0.0701. The van der Waals surface area contributed by atoms with Crippen LogP contribution in [0, 0.1) is 6.92 Å². The second-order valence-corrected chi connectivity index (χ2v) is 9.99. The minimum atomic E-state index is -3.74. The van der Waals surface area contributed by atoms with Gasteiger partial charge >= 0.3 is 5.97 Å². The summed E-state index contributed by atoms with van der Waals surface area (Å²) in [6, 6.07) is 6.32. The Morgan fingerprint density at radius 3 is 2.58 bits per heavy atom. The van der Waals surface area contributed by atoms with Crippen LogP contribution >= 0.6 is 11.3 Å². The number of sulfonamides is 1. The van der Waals surface area contributed by atoms with Crippen LogP contribution in [0.15, 0.2) is 29.2 Å². The molecule has 2 aromatic heterocycles. The van der Waals surface area contributed by atoms with Gasteiger partial charge in [0.15, 0.2) is 5.13 Å². The number of carbonyl (C=O) groups is 1. The number of nitrogens with one attached hydrogen (secondary N) is 2. The van der Waals surface area contributed by atoms with Crippen LogP contribution in [0.3, 0.4) is 0 Å². The third kappa shape index (κ3) is 4.89. The van der Waals surface area contributed by atoms with Crippen LogP contribution in [-0.2, 0) is 23.0 Å². The number of aromatic carboxylic acids is 1. The lowest BCUT2D eigenvalue weighted by Crippen LogP contribution is -2.20. The molecule has 0 aliphatic carbocycles. The molecule has 0 amide bonds. The quantitative estimate of drug-likeness (QED) is 0.369. The minimum Gasteiger partial charge on any atom is -0.477 e. The van der Waals surface area contributed by atoms with Crippen molar-refractivity contribution < 1.29 is 18.3 Å². The molecule has 0 atom stereocenters. The molecule has 0 unspecified atom stereocenters. The maximum atomic E-state index is 11.5. The number of benzene rings is 1. The average molecular weight is 490 g/mol. The van der Waals surface area contributed by atoms with E-state index in [9.17, 15) is 18.3 Å². The van der Waals surface area contributed by atoms with Crippen LogP contribution in [-0.4, -0.2) is 47.5 Å². The monoisotopic (exact) mass is 489 g/mol. The largest absolute Gasteiger partial charge is 0.477 e. The summed E-state index contributed by atoms with van der Waals surface area (Å²) in [6.45, 7) is 5.72. The zero-order valence-corrected chi connectivity index (χ0v) is 19.6. The van der Waals surface area contributed by atoms with Gasteiger partial charge in [-0.1, -0.05) is 23.5 Å². The fourth-order valence-electron chi connectivity index (χ4n) is 3.55.